The number of nitrogens with zero attached hydrogens (tertiary/aromatic N) is 3. The number of hydrogen-bond donors (Lipinski definition) is 2. The molecular formula is C31H48N4O7S. The molecule has 1 amide bonds. The van der Waals surface area contributed by atoms with Crippen molar-refractivity contribution in [3.05, 3.63) is 35.2 Å². The molecule has 1 aliphatic heterocycles. The first-order valence-corrected chi connectivity index (χ1v) is 16.9. The topological polar surface area (TPSA) is 134 Å². The number of ether oxygens (including phenoxy) is 2. The van der Waals surface area contributed by atoms with Crippen LogP contribution in [0.3, 0.4) is 0 Å². The summed E-state index contributed by atoms with van der Waals surface area (Å²) in [6.45, 7) is 11.5. The van der Waals surface area contributed by atoms with Crippen molar-refractivity contribution in [3.8, 4) is 5.75 Å². The van der Waals surface area contributed by atoms with E-state index in [9.17, 15) is 18.3 Å². The molecule has 1 aromatic carbocycles. The second-order valence-corrected chi connectivity index (χ2v) is 14.1. The fourth-order valence-corrected chi connectivity index (χ4v) is 7.02. The molecule has 240 valence electrons. The summed E-state index contributed by atoms with van der Waals surface area (Å²) in [4.78, 5) is 18.2. The number of fused-ring (bicyclic) bond motifs is 1. The van der Waals surface area contributed by atoms with Crippen LogP contribution in [0.5, 0.6) is 5.75 Å². The molecule has 2 aliphatic rings. The van der Waals surface area contributed by atoms with Crippen LogP contribution in [-0.4, -0.2) is 92.5 Å². The third-order valence-electron chi connectivity index (χ3n) is 8.30. The first-order chi connectivity index (χ1) is 20.4. The van der Waals surface area contributed by atoms with Crippen molar-refractivity contribution in [1.82, 2.24) is 15.0 Å². The van der Waals surface area contributed by atoms with Crippen LogP contribution in [0.1, 0.15) is 74.7 Å². The monoisotopic (exact) mass is 620 g/mol. The SMILES string of the molecule is Cc1noc(C)c1S(=O)(=O)Nc1ccc2c(c1)C(=O)N([C@H](C)CO)C[C@H](C)[C@@H](CN(C)CC1CC1)OCCCC[C@@H](C)O2. The maximum absolute atomic E-state index is 14.3. The quantitative estimate of drug-likeness (QED) is 0.422. The fraction of sp³-hybridized carbons (Fsp3) is 0.677. The van der Waals surface area contributed by atoms with Gasteiger partial charge in [0.2, 0.25) is 0 Å². The number of sulfonamides is 1. The second kappa shape index (κ2) is 14.4. The van der Waals surface area contributed by atoms with Gasteiger partial charge in [-0.15, -0.1) is 0 Å². The minimum Gasteiger partial charge on any atom is -0.490 e. The molecule has 0 saturated heterocycles. The highest BCUT2D eigenvalue weighted by molar-refractivity contribution is 7.92. The minimum atomic E-state index is -4.03. The predicted molar refractivity (Wildman–Crippen MR) is 164 cm³/mol. The average Bonchev–Trinajstić information content (AvgIpc) is 3.69. The lowest BCUT2D eigenvalue weighted by molar-refractivity contribution is -0.0172. The van der Waals surface area contributed by atoms with Crippen molar-refractivity contribution in [1.29, 1.82) is 0 Å². The molecule has 0 bridgehead atoms. The molecule has 2 heterocycles. The summed E-state index contributed by atoms with van der Waals surface area (Å²) in [5.74, 6) is 0.930. The van der Waals surface area contributed by atoms with Crippen LogP contribution in [0.25, 0.3) is 0 Å². The Kier molecular flexibility index (Phi) is 11.1. The Morgan fingerprint density at radius 3 is 2.56 bits per heavy atom. The first kappa shape index (κ1) is 33.2. The molecule has 2 N–H and O–H groups in total. The van der Waals surface area contributed by atoms with E-state index in [4.69, 9.17) is 14.0 Å². The Morgan fingerprint density at radius 2 is 1.91 bits per heavy atom. The second-order valence-electron chi connectivity index (χ2n) is 12.4. The zero-order valence-electron chi connectivity index (χ0n) is 26.3. The number of aromatic nitrogens is 1. The van der Waals surface area contributed by atoms with Crippen molar-refractivity contribution >= 4 is 21.6 Å². The van der Waals surface area contributed by atoms with Gasteiger partial charge in [-0.2, -0.15) is 0 Å². The van der Waals surface area contributed by atoms with E-state index in [0.29, 0.717) is 18.9 Å². The summed E-state index contributed by atoms with van der Waals surface area (Å²) in [7, 11) is -1.91. The van der Waals surface area contributed by atoms with Crippen molar-refractivity contribution in [2.45, 2.75) is 89.9 Å². The summed E-state index contributed by atoms with van der Waals surface area (Å²) in [5.41, 5.74) is 0.670. The summed E-state index contributed by atoms with van der Waals surface area (Å²) in [6.07, 6.45) is 4.86. The van der Waals surface area contributed by atoms with Gasteiger partial charge in [-0.05, 0) is 91.0 Å². The van der Waals surface area contributed by atoms with Crippen LogP contribution in [0.15, 0.2) is 27.6 Å². The average molecular weight is 621 g/mol. The van der Waals surface area contributed by atoms with E-state index in [1.807, 2.05) is 6.92 Å². The smallest absolute Gasteiger partial charge is 0.267 e. The number of aryl methyl sites for hydroxylation is 2. The van der Waals surface area contributed by atoms with Gasteiger partial charge in [-0.25, -0.2) is 8.42 Å². The molecule has 4 atom stereocenters. The molecule has 12 heteroatoms. The van der Waals surface area contributed by atoms with Crippen LogP contribution < -0.4 is 9.46 Å². The maximum Gasteiger partial charge on any atom is 0.267 e. The number of likely N-dealkylation sites (N-methyl/N-ethyl adjacent to an activating group) is 1. The minimum absolute atomic E-state index is 0.0212. The van der Waals surface area contributed by atoms with Gasteiger partial charge >= 0.3 is 0 Å². The van der Waals surface area contributed by atoms with Crippen LogP contribution >= 0.6 is 0 Å². The lowest BCUT2D eigenvalue weighted by Gasteiger charge is -2.36. The van der Waals surface area contributed by atoms with Crippen LogP contribution in [-0.2, 0) is 14.8 Å². The highest BCUT2D eigenvalue weighted by Gasteiger charge is 2.32. The lowest BCUT2D eigenvalue weighted by atomic mass is 10.0. The zero-order valence-corrected chi connectivity index (χ0v) is 27.2. The Morgan fingerprint density at radius 1 is 1.16 bits per heavy atom. The number of nitrogens with one attached hydrogen (secondary N) is 1. The molecule has 1 aliphatic carbocycles. The van der Waals surface area contributed by atoms with Gasteiger partial charge in [0.25, 0.3) is 15.9 Å². The number of carbonyl (C=O) groups excluding carboxylic acids is 1. The number of carbonyl (C=O) groups is 1. The first-order valence-electron chi connectivity index (χ1n) is 15.4. The van der Waals surface area contributed by atoms with Gasteiger partial charge in [0.05, 0.1) is 30.4 Å². The van der Waals surface area contributed by atoms with E-state index in [2.05, 4.69) is 28.8 Å². The van der Waals surface area contributed by atoms with E-state index in [0.717, 1.165) is 38.3 Å². The van der Waals surface area contributed by atoms with Gasteiger partial charge in [0, 0.05) is 37.8 Å². The van der Waals surface area contributed by atoms with E-state index >= 15 is 0 Å². The molecule has 43 heavy (non-hydrogen) atoms. The molecular weight excluding hydrogens is 572 g/mol. The highest BCUT2D eigenvalue weighted by Crippen LogP contribution is 2.31. The number of amides is 1. The third-order valence-corrected chi connectivity index (χ3v) is 9.92. The van der Waals surface area contributed by atoms with Gasteiger partial charge < -0.3 is 28.9 Å². The van der Waals surface area contributed by atoms with E-state index in [1.54, 1.807) is 30.9 Å². The number of anilines is 1. The van der Waals surface area contributed by atoms with Gasteiger partial charge in [0.15, 0.2) is 10.7 Å². The van der Waals surface area contributed by atoms with Crippen molar-refractivity contribution in [2.24, 2.45) is 11.8 Å². The van der Waals surface area contributed by atoms with E-state index < -0.39 is 16.1 Å². The Bertz CT molecular complexity index is 1320. The fourth-order valence-electron chi connectivity index (χ4n) is 5.64. The molecule has 0 radical (unpaired) electrons. The third kappa shape index (κ3) is 8.71. The largest absolute Gasteiger partial charge is 0.490 e. The molecule has 1 aromatic heterocycles. The van der Waals surface area contributed by atoms with E-state index in [-0.39, 0.29) is 58.2 Å². The Labute approximate surface area is 255 Å². The Hall–Kier alpha value is -2.67. The van der Waals surface area contributed by atoms with Crippen LogP contribution in [0.2, 0.25) is 0 Å². The van der Waals surface area contributed by atoms with Crippen LogP contribution in [0, 0.1) is 25.7 Å². The van der Waals surface area contributed by atoms with Crippen LogP contribution in [0.4, 0.5) is 5.69 Å². The number of rotatable bonds is 9. The summed E-state index contributed by atoms with van der Waals surface area (Å²) in [6, 6.07) is 4.23. The number of hydrogen-bond acceptors (Lipinski definition) is 9. The lowest BCUT2D eigenvalue weighted by Crippen LogP contribution is -2.47. The molecule has 0 unspecified atom stereocenters. The number of benzene rings is 1. The summed E-state index contributed by atoms with van der Waals surface area (Å²) >= 11 is 0. The maximum atomic E-state index is 14.3. The normalized spacial score (nSPS) is 23.4. The van der Waals surface area contributed by atoms with Crippen molar-refractivity contribution < 1.29 is 32.3 Å². The van der Waals surface area contributed by atoms with Gasteiger partial charge in [0.1, 0.15) is 11.4 Å². The molecule has 1 fully saturated rings. The predicted octanol–water partition coefficient (Wildman–Crippen LogP) is 4.23. The number of aliphatic hydroxyl groups is 1. The standard InChI is InChI=1S/C31H48N4O7S/c1-20-16-35(21(2)19-36)31(37)27-15-26(33-43(38,39)30-23(4)32-42-24(30)5)12-13-28(27)41-22(3)9-7-8-14-40-29(20)18-34(6)17-25-10-11-25/h12-13,15,20-22,25,29,33,36H,7-11,14,16-19H2,1-6H3/t20-,21+,22+,29+/m0/s1. The zero-order chi connectivity index (χ0) is 31.3. The molecule has 4 rings (SSSR count). The van der Waals surface area contributed by atoms with Crippen molar-refractivity contribution in [2.75, 3.05) is 44.6 Å². The van der Waals surface area contributed by atoms with Gasteiger partial charge in [-0.3, -0.25) is 9.52 Å². The van der Waals surface area contributed by atoms with Gasteiger partial charge in [-0.1, -0.05) is 12.1 Å². The Balaban J connectivity index is 1.67. The summed E-state index contributed by atoms with van der Waals surface area (Å²) < 4.78 is 46.8. The van der Waals surface area contributed by atoms with Crippen molar-refractivity contribution in [3.63, 3.8) is 0 Å². The highest BCUT2D eigenvalue weighted by atomic mass is 32.2. The molecule has 0 spiro atoms. The summed E-state index contributed by atoms with van der Waals surface area (Å²) in [5, 5.41) is 13.9. The molecule has 1 saturated carbocycles. The molecule has 11 nitrogen and oxygen atoms in total. The number of aliphatic hydroxyl groups excluding tert-OH is 1. The van der Waals surface area contributed by atoms with E-state index in [1.165, 1.54) is 25.8 Å². The molecule has 2 aromatic rings.